The van der Waals surface area contributed by atoms with Crippen LogP contribution in [0.3, 0.4) is 0 Å². The van der Waals surface area contributed by atoms with Crippen LogP contribution in [-0.2, 0) is 0 Å². The fraction of sp³-hybridized carbons (Fsp3) is 0.571. The molecule has 2 N–H and O–H groups in total. The van der Waals surface area contributed by atoms with Crippen molar-refractivity contribution in [1.82, 2.24) is 10.2 Å². The molecular formula is C14H22N2O. The molecule has 1 saturated heterocycles. The average molecular weight is 234 g/mol. The first-order valence-electron chi connectivity index (χ1n) is 6.40. The molecule has 17 heavy (non-hydrogen) atoms. The fourth-order valence-corrected chi connectivity index (χ4v) is 2.46. The number of nitrogens with one attached hydrogen (secondary N) is 1. The lowest BCUT2D eigenvalue weighted by Crippen LogP contribution is -2.46. The summed E-state index contributed by atoms with van der Waals surface area (Å²) in [6.45, 7) is 8.83. The van der Waals surface area contributed by atoms with E-state index < -0.39 is 0 Å². The van der Waals surface area contributed by atoms with Gasteiger partial charge >= 0.3 is 0 Å². The molecule has 0 radical (unpaired) electrons. The van der Waals surface area contributed by atoms with Gasteiger partial charge in [0, 0.05) is 32.2 Å². The Labute approximate surface area is 103 Å². The summed E-state index contributed by atoms with van der Waals surface area (Å²) in [6, 6.07) is 7.91. The second-order valence-electron chi connectivity index (χ2n) is 5.26. The van der Waals surface area contributed by atoms with Crippen molar-refractivity contribution in [3.63, 3.8) is 0 Å². The van der Waals surface area contributed by atoms with E-state index in [1.54, 1.807) is 6.07 Å². The number of rotatable bonds is 3. The van der Waals surface area contributed by atoms with E-state index >= 15 is 0 Å². The molecule has 1 aromatic carbocycles. The van der Waals surface area contributed by atoms with E-state index in [1.165, 1.54) is 5.56 Å². The smallest absolute Gasteiger partial charge is 0.115 e. The van der Waals surface area contributed by atoms with Gasteiger partial charge in [-0.2, -0.15) is 0 Å². The molecule has 0 amide bonds. The van der Waals surface area contributed by atoms with Gasteiger partial charge in [-0.1, -0.05) is 26.0 Å². The highest BCUT2D eigenvalue weighted by Crippen LogP contribution is 2.21. The Morgan fingerprint density at radius 2 is 2.29 bits per heavy atom. The molecule has 0 aromatic heterocycles. The minimum absolute atomic E-state index is 0.342. The van der Waals surface area contributed by atoms with Crippen molar-refractivity contribution in [2.45, 2.75) is 19.9 Å². The third-order valence-electron chi connectivity index (χ3n) is 3.16. The maximum Gasteiger partial charge on any atom is 0.115 e. The Morgan fingerprint density at radius 3 is 3.00 bits per heavy atom. The van der Waals surface area contributed by atoms with Gasteiger partial charge in [0.15, 0.2) is 0 Å². The molecule has 3 nitrogen and oxygen atoms in total. The van der Waals surface area contributed by atoms with E-state index in [9.17, 15) is 5.11 Å². The second-order valence-corrected chi connectivity index (χ2v) is 5.26. The lowest BCUT2D eigenvalue weighted by atomic mass is 10.0. The van der Waals surface area contributed by atoms with Gasteiger partial charge in [0.05, 0.1) is 0 Å². The van der Waals surface area contributed by atoms with Gasteiger partial charge in [-0.25, -0.2) is 0 Å². The van der Waals surface area contributed by atoms with E-state index in [4.69, 9.17) is 0 Å². The van der Waals surface area contributed by atoms with Crippen molar-refractivity contribution in [3.05, 3.63) is 29.8 Å². The van der Waals surface area contributed by atoms with E-state index in [0.29, 0.717) is 17.7 Å². The Balaban J connectivity index is 2.02. The van der Waals surface area contributed by atoms with E-state index in [2.05, 4.69) is 30.1 Å². The minimum Gasteiger partial charge on any atom is -0.508 e. The number of hydrogen-bond donors (Lipinski definition) is 2. The van der Waals surface area contributed by atoms with Gasteiger partial charge in [0.2, 0.25) is 0 Å². The minimum atomic E-state index is 0.342. The summed E-state index contributed by atoms with van der Waals surface area (Å²) in [5, 5.41) is 13.0. The van der Waals surface area contributed by atoms with Crippen LogP contribution in [0.25, 0.3) is 0 Å². The maximum atomic E-state index is 9.51. The Kier molecular flexibility index (Phi) is 4.02. The van der Waals surface area contributed by atoms with Crippen LogP contribution in [-0.4, -0.2) is 36.2 Å². The average Bonchev–Trinajstić information content (AvgIpc) is 2.28. The number of hydrogen-bond acceptors (Lipinski definition) is 3. The molecular weight excluding hydrogens is 212 g/mol. The normalized spacial score (nSPS) is 21.9. The number of aromatic hydroxyl groups is 1. The molecule has 1 atom stereocenters. The van der Waals surface area contributed by atoms with E-state index in [1.807, 2.05) is 12.1 Å². The summed E-state index contributed by atoms with van der Waals surface area (Å²) in [5.41, 5.74) is 1.18. The van der Waals surface area contributed by atoms with E-state index in [0.717, 1.165) is 26.2 Å². The van der Waals surface area contributed by atoms with Gasteiger partial charge in [-0.05, 0) is 23.6 Å². The lowest BCUT2D eigenvalue weighted by molar-refractivity contribution is 0.182. The number of benzene rings is 1. The third kappa shape index (κ3) is 3.45. The monoisotopic (exact) mass is 234 g/mol. The van der Waals surface area contributed by atoms with Crippen LogP contribution >= 0.6 is 0 Å². The standard InChI is InChI=1S/C14H22N2O/c1-11(2)9-16-7-6-15-14(10-16)12-4-3-5-13(17)8-12/h3-5,8,11,14-15,17H,6-7,9-10H2,1-2H3. The summed E-state index contributed by atoms with van der Waals surface area (Å²) >= 11 is 0. The van der Waals surface area contributed by atoms with Crippen molar-refractivity contribution in [2.24, 2.45) is 5.92 Å². The van der Waals surface area contributed by atoms with Crippen LogP contribution in [0.5, 0.6) is 5.75 Å². The first-order valence-corrected chi connectivity index (χ1v) is 6.40. The number of phenolic OH excluding ortho intramolecular Hbond substituents is 1. The number of phenols is 1. The topological polar surface area (TPSA) is 35.5 Å². The zero-order valence-electron chi connectivity index (χ0n) is 10.7. The molecule has 2 rings (SSSR count). The molecule has 1 heterocycles. The highest BCUT2D eigenvalue weighted by molar-refractivity contribution is 5.29. The number of nitrogens with zero attached hydrogens (tertiary/aromatic N) is 1. The van der Waals surface area contributed by atoms with Crippen LogP contribution in [0.2, 0.25) is 0 Å². The summed E-state index contributed by atoms with van der Waals surface area (Å²) in [7, 11) is 0. The summed E-state index contributed by atoms with van der Waals surface area (Å²) < 4.78 is 0. The van der Waals surface area contributed by atoms with Crippen molar-refractivity contribution >= 4 is 0 Å². The SMILES string of the molecule is CC(C)CN1CCNC(c2cccc(O)c2)C1. The van der Waals surface area contributed by atoms with Gasteiger partial charge < -0.3 is 10.4 Å². The van der Waals surface area contributed by atoms with Crippen molar-refractivity contribution < 1.29 is 5.11 Å². The summed E-state index contributed by atoms with van der Waals surface area (Å²) in [4.78, 5) is 2.50. The second kappa shape index (κ2) is 5.52. The molecule has 1 fully saturated rings. The maximum absolute atomic E-state index is 9.51. The Morgan fingerprint density at radius 1 is 1.47 bits per heavy atom. The largest absolute Gasteiger partial charge is 0.508 e. The van der Waals surface area contributed by atoms with E-state index in [-0.39, 0.29) is 0 Å². The molecule has 1 aliphatic rings. The quantitative estimate of drug-likeness (QED) is 0.839. The fourth-order valence-electron chi connectivity index (χ4n) is 2.46. The molecule has 1 aliphatic heterocycles. The molecule has 0 bridgehead atoms. The van der Waals surface area contributed by atoms with Crippen LogP contribution in [0.15, 0.2) is 24.3 Å². The first-order chi connectivity index (χ1) is 8.15. The Bertz CT molecular complexity index is 365. The molecule has 3 heteroatoms. The highest BCUT2D eigenvalue weighted by atomic mass is 16.3. The number of piperazine rings is 1. The third-order valence-corrected chi connectivity index (χ3v) is 3.16. The van der Waals surface area contributed by atoms with Crippen LogP contribution in [0.4, 0.5) is 0 Å². The van der Waals surface area contributed by atoms with Gasteiger partial charge in [-0.15, -0.1) is 0 Å². The van der Waals surface area contributed by atoms with Crippen molar-refractivity contribution in [2.75, 3.05) is 26.2 Å². The van der Waals surface area contributed by atoms with Crippen molar-refractivity contribution in [1.29, 1.82) is 0 Å². The van der Waals surface area contributed by atoms with Gasteiger partial charge in [-0.3, -0.25) is 4.90 Å². The summed E-state index contributed by atoms with van der Waals surface area (Å²) in [5.74, 6) is 1.06. The molecule has 1 aromatic rings. The molecule has 94 valence electrons. The summed E-state index contributed by atoms with van der Waals surface area (Å²) in [6.07, 6.45) is 0. The predicted octanol–water partition coefficient (Wildman–Crippen LogP) is 1.99. The van der Waals surface area contributed by atoms with Gasteiger partial charge in [0.1, 0.15) is 5.75 Å². The predicted molar refractivity (Wildman–Crippen MR) is 70.1 cm³/mol. The zero-order valence-corrected chi connectivity index (χ0v) is 10.7. The van der Waals surface area contributed by atoms with Crippen molar-refractivity contribution in [3.8, 4) is 5.75 Å². The molecule has 0 spiro atoms. The molecule has 1 unspecified atom stereocenters. The highest BCUT2D eigenvalue weighted by Gasteiger charge is 2.21. The lowest BCUT2D eigenvalue weighted by Gasteiger charge is -2.34. The molecule has 0 saturated carbocycles. The Hall–Kier alpha value is -1.06. The first kappa shape index (κ1) is 12.4. The molecule has 0 aliphatic carbocycles. The van der Waals surface area contributed by atoms with Gasteiger partial charge in [0.25, 0.3) is 0 Å². The van der Waals surface area contributed by atoms with Crippen LogP contribution in [0, 0.1) is 5.92 Å². The van der Waals surface area contributed by atoms with Crippen LogP contribution < -0.4 is 5.32 Å². The zero-order chi connectivity index (χ0) is 12.3. The van der Waals surface area contributed by atoms with Crippen LogP contribution in [0.1, 0.15) is 25.5 Å².